The molecule has 1 aliphatic heterocycles. The Hall–Kier alpha value is -2.41. The van der Waals surface area contributed by atoms with Crippen molar-refractivity contribution < 1.29 is 23.9 Å². The second-order valence-electron chi connectivity index (χ2n) is 7.50. The number of thiophene rings is 1. The van der Waals surface area contributed by atoms with E-state index >= 15 is 0 Å². The third-order valence-electron chi connectivity index (χ3n) is 5.13. The number of carbonyl (C=O) groups is 3. The molecule has 0 fully saturated rings. The average molecular weight is 404 g/mol. The predicted octanol–water partition coefficient (Wildman–Crippen LogP) is 3.31. The van der Waals surface area contributed by atoms with Crippen LogP contribution in [0.4, 0.5) is 0 Å². The molecule has 3 atom stereocenters. The molecule has 0 bridgehead atoms. The Kier molecular flexibility index (Phi) is 5.74. The fourth-order valence-electron chi connectivity index (χ4n) is 3.97. The third kappa shape index (κ3) is 3.51. The fourth-order valence-corrected chi connectivity index (χ4v) is 4.81. The number of dihydropyridines is 1. The van der Waals surface area contributed by atoms with E-state index in [2.05, 4.69) is 5.32 Å². The van der Waals surface area contributed by atoms with Gasteiger partial charge in [0.2, 0.25) is 0 Å². The highest BCUT2D eigenvalue weighted by Crippen LogP contribution is 2.46. The van der Waals surface area contributed by atoms with E-state index in [0.29, 0.717) is 23.3 Å². The van der Waals surface area contributed by atoms with Crippen LogP contribution >= 0.6 is 11.3 Å². The minimum atomic E-state index is -0.867. The average Bonchev–Trinajstić information content (AvgIpc) is 3.13. The molecule has 0 saturated heterocycles. The van der Waals surface area contributed by atoms with E-state index in [0.717, 1.165) is 10.6 Å². The number of nitrogens with one attached hydrogen (secondary N) is 1. The van der Waals surface area contributed by atoms with Crippen LogP contribution in [0.3, 0.4) is 0 Å². The molecule has 28 heavy (non-hydrogen) atoms. The summed E-state index contributed by atoms with van der Waals surface area (Å²) in [5.74, 6) is -2.87. The zero-order valence-corrected chi connectivity index (χ0v) is 17.5. The molecule has 0 amide bonds. The summed E-state index contributed by atoms with van der Waals surface area (Å²) < 4.78 is 10.3. The molecule has 0 unspecified atom stereocenters. The van der Waals surface area contributed by atoms with E-state index in [1.807, 2.05) is 31.4 Å². The Morgan fingerprint density at radius 2 is 2.04 bits per heavy atom. The van der Waals surface area contributed by atoms with E-state index in [1.54, 1.807) is 13.8 Å². The van der Waals surface area contributed by atoms with Crippen LogP contribution in [0.1, 0.15) is 44.9 Å². The number of carbonyl (C=O) groups excluding carboxylic acids is 3. The predicted molar refractivity (Wildman–Crippen MR) is 105 cm³/mol. The van der Waals surface area contributed by atoms with E-state index in [4.69, 9.17) is 9.47 Å². The molecule has 3 rings (SSSR count). The summed E-state index contributed by atoms with van der Waals surface area (Å²) in [6.07, 6.45) is 0.254. The van der Waals surface area contributed by atoms with E-state index in [9.17, 15) is 14.4 Å². The van der Waals surface area contributed by atoms with Crippen molar-refractivity contribution in [3.63, 3.8) is 0 Å². The zero-order chi connectivity index (χ0) is 20.6. The molecule has 0 aromatic carbocycles. The van der Waals surface area contributed by atoms with Crippen LogP contribution in [0.5, 0.6) is 0 Å². The Morgan fingerprint density at radius 1 is 1.32 bits per heavy atom. The standard InChI is InChI=1S/C21H25NO5S/c1-10(2)27-21(25)16-12(4)22-13-9-11(3)15(20(24)26-5)19(23)17(13)18(16)14-7-6-8-28-14/h6-8,10-11,15,18,22H,9H2,1-5H3/t11-,15-,18+/m1/s1. The number of ketones is 1. The summed E-state index contributed by atoms with van der Waals surface area (Å²) in [7, 11) is 1.29. The number of esters is 2. The van der Waals surface area contributed by atoms with Crippen molar-refractivity contribution in [2.24, 2.45) is 11.8 Å². The van der Waals surface area contributed by atoms with Crippen molar-refractivity contribution in [2.75, 3.05) is 7.11 Å². The van der Waals surface area contributed by atoms with Gasteiger partial charge in [-0.15, -0.1) is 11.3 Å². The summed E-state index contributed by atoms with van der Waals surface area (Å²) in [6, 6.07) is 3.79. The molecule has 150 valence electrons. The normalized spacial score (nSPS) is 24.8. The highest BCUT2D eigenvalue weighted by Gasteiger charge is 2.47. The summed E-state index contributed by atoms with van der Waals surface area (Å²) in [5, 5.41) is 5.15. The molecule has 1 N–H and O–H groups in total. The maximum absolute atomic E-state index is 13.4. The summed E-state index contributed by atoms with van der Waals surface area (Å²) in [5.41, 5.74) is 2.34. The lowest BCUT2D eigenvalue weighted by Crippen LogP contribution is -2.43. The van der Waals surface area contributed by atoms with Crippen molar-refractivity contribution in [1.29, 1.82) is 0 Å². The van der Waals surface area contributed by atoms with Crippen LogP contribution in [-0.2, 0) is 23.9 Å². The van der Waals surface area contributed by atoms with Crippen LogP contribution in [0.2, 0.25) is 0 Å². The number of ether oxygens (including phenoxy) is 2. The van der Waals surface area contributed by atoms with Crippen LogP contribution in [0.25, 0.3) is 0 Å². The summed E-state index contributed by atoms with van der Waals surface area (Å²) in [4.78, 5) is 39.5. The minimum absolute atomic E-state index is 0.188. The van der Waals surface area contributed by atoms with Crippen molar-refractivity contribution >= 4 is 29.1 Å². The highest BCUT2D eigenvalue weighted by atomic mass is 32.1. The number of allylic oxidation sites excluding steroid dienone is 3. The van der Waals surface area contributed by atoms with Crippen LogP contribution in [-0.4, -0.2) is 30.9 Å². The fraction of sp³-hybridized carbons (Fsp3) is 0.476. The zero-order valence-electron chi connectivity index (χ0n) is 16.7. The van der Waals surface area contributed by atoms with Gasteiger partial charge in [0, 0.05) is 21.8 Å². The minimum Gasteiger partial charge on any atom is -0.468 e. The van der Waals surface area contributed by atoms with Gasteiger partial charge in [-0.05, 0) is 44.6 Å². The van der Waals surface area contributed by atoms with Crippen molar-refractivity contribution in [2.45, 2.75) is 46.1 Å². The Bertz CT molecular complexity index is 865. The molecule has 0 radical (unpaired) electrons. The van der Waals surface area contributed by atoms with Gasteiger partial charge in [0.15, 0.2) is 5.78 Å². The lowest BCUT2D eigenvalue weighted by molar-refractivity contribution is -0.151. The number of hydrogen-bond acceptors (Lipinski definition) is 7. The monoisotopic (exact) mass is 403 g/mol. The molecule has 2 heterocycles. The first-order valence-corrected chi connectivity index (χ1v) is 10.2. The van der Waals surface area contributed by atoms with Crippen LogP contribution in [0.15, 0.2) is 40.1 Å². The SMILES string of the molecule is COC(=O)[C@H]1C(=O)C2=C(C[C@H]1C)NC(C)=C(C(=O)OC(C)C)[C@@H]2c1cccs1. The summed E-state index contributed by atoms with van der Waals surface area (Å²) >= 11 is 1.47. The van der Waals surface area contributed by atoms with Crippen molar-refractivity contribution in [3.05, 3.63) is 44.9 Å². The topological polar surface area (TPSA) is 81.7 Å². The van der Waals surface area contributed by atoms with Crippen molar-refractivity contribution in [3.8, 4) is 0 Å². The van der Waals surface area contributed by atoms with E-state index < -0.39 is 23.8 Å². The molecule has 1 aromatic rings. The van der Waals surface area contributed by atoms with Crippen molar-refractivity contribution in [1.82, 2.24) is 5.32 Å². The largest absolute Gasteiger partial charge is 0.468 e. The number of methoxy groups -OCH3 is 1. The molecular formula is C21H25NO5S. The quantitative estimate of drug-likeness (QED) is 0.614. The number of rotatable bonds is 4. The van der Waals surface area contributed by atoms with Gasteiger partial charge in [0.05, 0.1) is 24.7 Å². The van der Waals surface area contributed by atoms with E-state index in [1.165, 1.54) is 18.4 Å². The lowest BCUT2D eigenvalue weighted by atomic mass is 9.70. The first-order valence-electron chi connectivity index (χ1n) is 9.33. The molecular weight excluding hydrogens is 378 g/mol. The second kappa shape index (κ2) is 7.91. The number of hydrogen-bond donors (Lipinski definition) is 1. The van der Waals surface area contributed by atoms with Crippen LogP contribution < -0.4 is 5.32 Å². The Morgan fingerprint density at radius 3 is 2.61 bits per heavy atom. The smallest absolute Gasteiger partial charge is 0.337 e. The van der Waals surface area contributed by atoms with Gasteiger partial charge >= 0.3 is 11.9 Å². The highest BCUT2D eigenvalue weighted by molar-refractivity contribution is 7.10. The molecule has 7 heteroatoms. The van der Waals surface area contributed by atoms with Gasteiger partial charge in [-0.2, -0.15) is 0 Å². The molecule has 1 aromatic heterocycles. The maximum atomic E-state index is 13.4. The summed E-state index contributed by atoms with van der Waals surface area (Å²) in [6.45, 7) is 7.26. The first kappa shape index (κ1) is 20.3. The van der Waals surface area contributed by atoms with Gasteiger partial charge in [-0.25, -0.2) is 4.79 Å². The molecule has 0 saturated carbocycles. The maximum Gasteiger partial charge on any atom is 0.337 e. The van der Waals surface area contributed by atoms with Gasteiger partial charge in [0.25, 0.3) is 0 Å². The molecule has 2 aliphatic rings. The Labute approximate surface area is 168 Å². The second-order valence-corrected chi connectivity index (χ2v) is 8.48. The molecule has 0 spiro atoms. The van der Waals surface area contributed by atoms with Gasteiger partial charge < -0.3 is 14.8 Å². The molecule has 1 aliphatic carbocycles. The van der Waals surface area contributed by atoms with Gasteiger partial charge in [0.1, 0.15) is 5.92 Å². The van der Waals surface area contributed by atoms with Crippen LogP contribution in [0, 0.1) is 11.8 Å². The third-order valence-corrected chi connectivity index (χ3v) is 6.07. The Balaban J connectivity index is 2.13. The van der Waals surface area contributed by atoms with E-state index in [-0.39, 0.29) is 17.8 Å². The van der Waals surface area contributed by atoms with Gasteiger partial charge in [-0.3, -0.25) is 9.59 Å². The number of Topliss-reactive ketones (excluding diaryl/α,β-unsaturated/α-hetero) is 1. The first-order chi connectivity index (χ1) is 13.3. The lowest BCUT2D eigenvalue weighted by Gasteiger charge is -2.37. The molecule has 6 nitrogen and oxygen atoms in total. The van der Waals surface area contributed by atoms with Gasteiger partial charge in [-0.1, -0.05) is 13.0 Å².